The van der Waals surface area contributed by atoms with Crippen LogP contribution in [0.5, 0.6) is 0 Å². The summed E-state index contributed by atoms with van der Waals surface area (Å²) < 4.78 is 2.39. The summed E-state index contributed by atoms with van der Waals surface area (Å²) in [5.74, 6) is 0. The fraction of sp³-hybridized carbons (Fsp3) is 0. The van der Waals surface area contributed by atoms with E-state index in [2.05, 4.69) is 147 Å². The van der Waals surface area contributed by atoms with E-state index in [9.17, 15) is 0 Å². The lowest BCUT2D eigenvalue weighted by molar-refractivity contribution is 1.16. The van der Waals surface area contributed by atoms with Crippen LogP contribution in [0.3, 0.4) is 0 Å². The second-order valence-corrected chi connectivity index (χ2v) is 15.1. The molecule has 0 spiro atoms. The van der Waals surface area contributed by atoms with Gasteiger partial charge in [0.2, 0.25) is 0 Å². The van der Waals surface area contributed by atoms with Gasteiger partial charge in [-0.3, -0.25) is 0 Å². The topological polar surface area (TPSA) is 82.3 Å². The minimum atomic E-state index is 0.890. The van der Waals surface area contributed by atoms with Crippen LogP contribution in [0, 0.1) is 0 Å². The highest BCUT2D eigenvalue weighted by Gasteiger charge is 2.21. The summed E-state index contributed by atoms with van der Waals surface area (Å²) in [7, 11) is 0. The van der Waals surface area contributed by atoms with Crippen LogP contribution in [-0.2, 0) is 0 Å². The van der Waals surface area contributed by atoms with Crippen LogP contribution in [0.25, 0.3) is 116 Å². The molecule has 0 N–H and O–H groups in total. The van der Waals surface area contributed by atoms with Crippen molar-refractivity contribution >= 4 is 54.5 Å². The van der Waals surface area contributed by atoms with E-state index in [0.717, 1.165) is 116 Å². The number of aromatic nitrogens is 7. The van der Waals surface area contributed by atoms with Crippen molar-refractivity contribution in [3.05, 3.63) is 201 Å². The highest BCUT2D eigenvalue weighted by atomic mass is 15.0. The van der Waals surface area contributed by atoms with Crippen LogP contribution >= 0.6 is 0 Å². The van der Waals surface area contributed by atoms with Gasteiger partial charge in [-0.2, -0.15) is 0 Å². The number of para-hydroxylation sites is 4. The van der Waals surface area contributed by atoms with Gasteiger partial charge < -0.3 is 4.57 Å². The van der Waals surface area contributed by atoms with Gasteiger partial charge in [0.05, 0.1) is 50.4 Å². The van der Waals surface area contributed by atoms with Gasteiger partial charge in [-0.25, -0.2) is 29.9 Å². The third kappa shape index (κ3) is 5.67. The van der Waals surface area contributed by atoms with E-state index in [-0.39, 0.29) is 0 Å². The fourth-order valence-electron chi connectivity index (χ4n) is 9.03. The summed E-state index contributed by atoms with van der Waals surface area (Å²) in [5.41, 5.74) is 16.2. The molecule has 12 aromatic rings. The van der Waals surface area contributed by atoms with Crippen molar-refractivity contribution in [3.63, 3.8) is 0 Å². The summed E-state index contributed by atoms with van der Waals surface area (Å²) in [6.45, 7) is 0. The molecule has 0 saturated heterocycles. The minimum Gasteiger partial charge on any atom is -0.309 e. The van der Waals surface area contributed by atoms with Crippen molar-refractivity contribution < 1.29 is 0 Å². The predicted octanol–water partition coefficient (Wildman–Crippen LogP) is 12.9. The molecule has 0 bridgehead atoms. The maximum absolute atomic E-state index is 4.89. The average Bonchev–Trinajstić information content (AvgIpc) is 3.66. The van der Waals surface area contributed by atoms with E-state index >= 15 is 0 Å². The monoisotopic (exact) mass is 779 g/mol. The summed E-state index contributed by atoms with van der Waals surface area (Å²) in [5, 5.41) is 5.30. The number of nitrogens with zero attached hydrogens (tertiary/aromatic N) is 7. The van der Waals surface area contributed by atoms with Gasteiger partial charge in [0.25, 0.3) is 0 Å². The molecule has 0 aliphatic rings. The van der Waals surface area contributed by atoms with Crippen molar-refractivity contribution in [2.24, 2.45) is 0 Å². The Morgan fingerprint density at radius 3 is 1.10 bits per heavy atom. The van der Waals surface area contributed by atoms with Crippen LogP contribution in [-0.4, -0.2) is 34.5 Å². The Labute approximate surface area is 350 Å². The molecular weight excluding hydrogens is 747 g/mol. The number of rotatable bonds is 6. The highest BCUT2D eigenvalue weighted by Crippen LogP contribution is 2.43. The zero-order chi connectivity index (χ0) is 40.3. The Hall–Kier alpha value is -8.42. The molecule has 0 aliphatic carbocycles. The molecule has 7 nitrogen and oxygen atoms in total. The Balaban J connectivity index is 1.12. The Bertz CT molecular complexity index is 3490. The summed E-state index contributed by atoms with van der Waals surface area (Å²) in [6.07, 6.45) is 4.98. The van der Waals surface area contributed by atoms with Crippen LogP contribution in [0.4, 0.5) is 0 Å². The molecule has 4 aromatic heterocycles. The van der Waals surface area contributed by atoms with Crippen LogP contribution in [0.2, 0.25) is 0 Å². The van der Waals surface area contributed by atoms with Gasteiger partial charge in [-0.15, -0.1) is 0 Å². The van der Waals surface area contributed by atoms with Crippen LogP contribution in [0.15, 0.2) is 201 Å². The van der Waals surface area contributed by atoms with Gasteiger partial charge in [0.1, 0.15) is 19.0 Å². The number of benzene rings is 8. The summed E-state index contributed by atoms with van der Waals surface area (Å²) in [6, 6.07) is 63.9. The molecule has 8 aromatic carbocycles. The zero-order valence-corrected chi connectivity index (χ0v) is 32.7. The molecule has 0 atom stereocenters. The van der Waals surface area contributed by atoms with Crippen molar-refractivity contribution in [1.29, 1.82) is 0 Å². The van der Waals surface area contributed by atoms with E-state index in [0.29, 0.717) is 0 Å². The first kappa shape index (κ1) is 34.6. The maximum atomic E-state index is 4.89. The lowest BCUT2D eigenvalue weighted by Crippen LogP contribution is -1.99. The number of hydrogen-bond acceptors (Lipinski definition) is 6. The first-order valence-electron chi connectivity index (χ1n) is 20.3. The first-order chi connectivity index (χ1) is 30.3. The van der Waals surface area contributed by atoms with E-state index in [1.54, 1.807) is 19.0 Å². The highest BCUT2D eigenvalue weighted by molar-refractivity contribution is 6.13. The van der Waals surface area contributed by atoms with E-state index in [4.69, 9.17) is 15.0 Å². The third-order valence-electron chi connectivity index (χ3n) is 11.8. The lowest BCUT2D eigenvalue weighted by Gasteiger charge is -2.15. The van der Waals surface area contributed by atoms with Crippen LogP contribution in [0.1, 0.15) is 0 Å². The molecule has 0 amide bonds. The summed E-state index contributed by atoms with van der Waals surface area (Å²) in [4.78, 5) is 28.3. The number of fused-ring (bicyclic) bond motifs is 6. The van der Waals surface area contributed by atoms with Gasteiger partial charge >= 0.3 is 0 Å². The molecule has 61 heavy (non-hydrogen) atoms. The second kappa shape index (κ2) is 14.1. The predicted molar refractivity (Wildman–Crippen MR) is 247 cm³/mol. The van der Waals surface area contributed by atoms with Crippen molar-refractivity contribution in [3.8, 4) is 61.7 Å². The van der Waals surface area contributed by atoms with Gasteiger partial charge in [0, 0.05) is 43.6 Å². The molecule has 0 fully saturated rings. The maximum Gasteiger partial charge on any atom is 0.116 e. The Kier molecular flexibility index (Phi) is 8.03. The molecule has 284 valence electrons. The van der Waals surface area contributed by atoms with E-state index < -0.39 is 0 Å². The second-order valence-electron chi connectivity index (χ2n) is 15.1. The van der Waals surface area contributed by atoms with E-state index in [1.165, 1.54) is 0 Å². The zero-order valence-electron chi connectivity index (χ0n) is 32.7. The van der Waals surface area contributed by atoms with Crippen molar-refractivity contribution in [2.45, 2.75) is 0 Å². The SMILES string of the molecule is c1ccc(-c2ncnc3ccccc23)c(-c2ccc3c(c2)c2cc(-c4ccccc4-c4ncnc5ccccc45)ccc2n3-c2ccccc2-c2ncnc3ccccc23)c1. The molecule has 12 rings (SSSR count). The molecule has 0 saturated carbocycles. The first-order valence-corrected chi connectivity index (χ1v) is 20.3. The lowest BCUT2D eigenvalue weighted by atomic mass is 9.93. The normalized spacial score (nSPS) is 11.6. The Morgan fingerprint density at radius 2 is 0.639 bits per heavy atom. The summed E-state index contributed by atoms with van der Waals surface area (Å²) >= 11 is 0. The minimum absolute atomic E-state index is 0.890. The molecule has 0 radical (unpaired) electrons. The van der Waals surface area contributed by atoms with Gasteiger partial charge in [-0.1, -0.05) is 133 Å². The quantitative estimate of drug-likeness (QED) is 0.167. The standard InChI is InChI=1S/C54H33N7/c1-3-15-38(52-40-17-5-9-21-46(40)55-31-58-52)36(13-1)34-25-27-50-44(29-34)45-30-35(37-14-2-4-16-39(37)53-41-18-6-10-22-47(41)56-32-59-53)26-28-51(45)61(50)49-24-12-8-20-43(49)54-42-19-7-11-23-48(42)57-33-60-54/h1-33H. The molecule has 4 heterocycles. The third-order valence-corrected chi connectivity index (χ3v) is 11.8. The number of hydrogen-bond donors (Lipinski definition) is 0. The van der Waals surface area contributed by atoms with Gasteiger partial charge in [0.15, 0.2) is 0 Å². The van der Waals surface area contributed by atoms with E-state index in [1.807, 2.05) is 54.6 Å². The smallest absolute Gasteiger partial charge is 0.116 e. The molecular formula is C54H33N7. The molecule has 0 aliphatic heterocycles. The van der Waals surface area contributed by atoms with Crippen molar-refractivity contribution in [1.82, 2.24) is 34.5 Å². The van der Waals surface area contributed by atoms with Gasteiger partial charge in [-0.05, 0) is 70.8 Å². The van der Waals surface area contributed by atoms with Crippen LogP contribution < -0.4 is 0 Å². The molecule has 7 heteroatoms. The Morgan fingerprint density at radius 1 is 0.279 bits per heavy atom. The average molecular weight is 780 g/mol. The molecule has 0 unspecified atom stereocenters. The fourth-order valence-corrected chi connectivity index (χ4v) is 9.03. The largest absolute Gasteiger partial charge is 0.309 e. The van der Waals surface area contributed by atoms with Crippen molar-refractivity contribution in [2.75, 3.05) is 0 Å².